The second kappa shape index (κ2) is 8.71. The molecule has 0 spiro atoms. The van der Waals surface area contributed by atoms with Crippen LogP contribution in [0.4, 0.5) is 39.5 Å². The molecule has 0 fully saturated rings. The molecule has 3 aromatic rings. The lowest BCUT2D eigenvalue weighted by atomic mass is 9.35. The molecule has 10 heteroatoms. The summed E-state index contributed by atoms with van der Waals surface area (Å²) in [5.41, 5.74) is -3.54. The summed E-state index contributed by atoms with van der Waals surface area (Å²) in [5, 5.41) is 0. The van der Waals surface area contributed by atoms with Gasteiger partial charge in [0, 0.05) is 0 Å². The van der Waals surface area contributed by atoms with Crippen LogP contribution in [0, 0.1) is 20.8 Å². The number of aryl methyl sites for hydroxylation is 3. The van der Waals surface area contributed by atoms with Crippen molar-refractivity contribution in [3.8, 4) is 0 Å². The topological polar surface area (TPSA) is 0 Å². The number of hydrogen-bond donors (Lipinski definition) is 0. The number of rotatable bonds is 3. The van der Waals surface area contributed by atoms with Crippen molar-refractivity contribution in [1.82, 2.24) is 0 Å². The van der Waals surface area contributed by atoms with Gasteiger partial charge in [0.2, 0.25) is 6.71 Å². The van der Waals surface area contributed by atoms with Crippen LogP contribution in [0.2, 0.25) is 0 Å². The van der Waals surface area contributed by atoms with Gasteiger partial charge in [0.1, 0.15) is 0 Å². The molecule has 0 unspecified atom stereocenters. The SMILES string of the molecule is Cc1cc(B(c2cc(C)cc(C(F)(F)F)c2)c2cc(C)ccc2C(F)(F)F)cc(C(F)(F)F)c1. The van der Waals surface area contributed by atoms with E-state index in [4.69, 9.17) is 0 Å². The van der Waals surface area contributed by atoms with E-state index in [1.165, 1.54) is 39.0 Å². The highest BCUT2D eigenvalue weighted by Gasteiger charge is 2.40. The first kappa shape index (κ1) is 25.7. The van der Waals surface area contributed by atoms with Gasteiger partial charge < -0.3 is 0 Å². The van der Waals surface area contributed by atoms with E-state index in [1.807, 2.05) is 0 Å². The van der Waals surface area contributed by atoms with E-state index >= 15 is 0 Å². The van der Waals surface area contributed by atoms with E-state index in [2.05, 4.69) is 0 Å². The fourth-order valence-electron chi connectivity index (χ4n) is 4.02. The first-order valence-corrected chi connectivity index (χ1v) is 10.0. The highest BCUT2D eigenvalue weighted by molar-refractivity contribution is 6.95. The van der Waals surface area contributed by atoms with Gasteiger partial charge in [-0.25, -0.2) is 0 Å². The van der Waals surface area contributed by atoms with Crippen molar-refractivity contribution >= 4 is 23.1 Å². The van der Waals surface area contributed by atoms with Crippen molar-refractivity contribution in [3.63, 3.8) is 0 Å². The van der Waals surface area contributed by atoms with Crippen LogP contribution < -0.4 is 16.4 Å². The lowest BCUT2D eigenvalue weighted by molar-refractivity contribution is -0.138. The van der Waals surface area contributed by atoms with Gasteiger partial charge in [0.25, 0.3) is 0 Å². The Morgan fingerprint density at radius 2 is 0.941 bits per heavy atom. The van der Waals surface area contributed by atoms with Crippen LogP contribution in [0.1, 0.15) is 33.4 Å². The van der Waals surface area contributed by atoms with Crippen molar-refractivity contribution in [1.29, 1.82) is 0 Å². The number of halogens is 9. The Morgan fingerprint density at radius 1 is 0.500 bits per heavy atom. The molecule has 0 N–H and O–H groups in total. The molecule has 0 aliphatic heterocycles. The van der Waals surface area contributed by atoms with Gasteiger partial charge >= 0.3 is 18.5 Å². The summed E-state index contributed by atoms with van der Waals surface area (Å²) < 4.78 is 123. The third-order valence-corrected chi connectivity index (χ3v) is 5.34. The molecule has 0 aliphatic carbocycles. The third kappa shape index (κ3) is 5.59. The summed E-state index contributed by atoms with van der Waals surface area (Å²) in [5.74, 6) is 0. The molecule has 0 heterocycles. The van der Waals surface area contributed by atoms with Gasteiger partial charge in [-0.1, -0.05) is 75.5 Å². The van der Waals surface area contributed by atoms with E-state index in [0.717, 1.165) is 24.3 Å². The van der Waals surface area contributed by atoms with E-state index in [-0.39, 0.29) is 22.1 Å². The van der Waals surface area contributed by atoms with Crippen LogP contribution in [-0.4, -0.2) is 6.71 Å². The molecule has 0 saturated heterocycles. The second-order valence-corrected chi connectivity index (χ2v) is 8.28. The Hall–Kier alpha value is -2.91. The van der Waals surface area contributed by atoms with Crippen molar-refractivity contribution < 1.29 is 39.5 Å². The first-order chi connectivity index (χ1) is 15.5. The van der Waals surface area contributed by atoms with Crippen LogP contribution in [0.15, 0.2) is 54.6 Å². The Kier molecular flexibility index (Phi) is 6.58. The predicted molar refractivity (Wildman–Crippen MR) is 113 cm³/mol. The van der Waals surface area contributed by atoms with E-state index < -0.39 is 47.4 Å². The molecular formula is C24H18BF9. The van der Waals surface area contributed by atoms with Gasteiger partial charge in [-0.2, -0.15) is 39.5 Å². The fourth-order valence-corrected chi connectivity index (χ4v) is 4.02. The van der Waals surface area contributed by atoms with Crippen LogP contribution in [0.5, 0.6) is 0 Å². The van der Waals surface area contributed by atoms with E-state index in [1.54, 1.807) is 0 Å². The quantitative estimate of drug-likeness (QED) is 0.305. The molecule has 34 heavy (non-hydrogen) atoms. The van der Waals surface area contributed by atoms with Gasteiger partial charge in [-0.15, -0.1) is 0 Å². The second-order valence-electron chi connectivity index (χ2n) is 8.28. The monoisotopic (exact) mass is 488 g/mol. The maximum absolute atomic E-state index is 13.9. The highest BCUT2D eigenvalue weighted by Crippen LogP contribution is 2.32. The summed E-state index contributed by atoms with van der Waals surface area (Å²) in [4.78, 5) is 0. The van der Waals surface area contributed by atoms with Gasteiger partial charge in [0.15, 0.2) is 0 Å². The van der Waals surface area contributed by atoms with Gasteiger partial charge in [-0.05, 0) is 32.9 Å². The molecule has 0 bridgehead atoms. The summed E-state index contributed by atoms with van der Waals surface area (Å²) >= 11 is 0. The lowest BCUT2D eigenvalue weighted by Crippen LogP contribution is -2.54. The molecule has 0 aliphatic rings. The van der Waals surface area contributed by atoms with Crippen LogP contribution >= 0.6 is 0 Å². The lowest BCUT2D eigenvalue weighted by Gasteiger charge is -2.23. The molecule has 0 radical (unpaired) electrons. The maximum atomic E-state index is 13.9. The zero-order valence-electron chi connectivity index (χ0n) is 18.2. The molecule has 0 saturated carbocycles. The number of hydrogen-bond acceptors (Lipinski definition) is 0. The Morgan fingerprint density at radius 3 is 1.32 bits per heavy atom. The summed E-state index contributed by atoms with van der Waals surface area (Å²) in [6.07, 6.45) is -14.5. The summed E-state index contributed by atoms with van der Waals surface area (Å²) in [6, 6.07) is 8.70. The zero-order chi connectivity index (χ0) is 25.6. The summed E-state index contributed by atoms with van der Waals surface area (Å²) in [6.45, 7) is 2.65. The fraction of sp³-hybridized carbons (Fsp3) is 0.250. The maximum Gasteiger partial charge on any atom is 0.416 e. The molecule has 0 atom stereocenters. The minimum absolute atomic E-state index is 0.111. The summed E-state index contributed by atoms with van der Waals surface area (Å²) in [7, 11) is 0. The van der Waals surface area contributed by atoms with Crippen molar-refractivity contribution in [3.05, 3.63) is 88.0 Å². The van der Waals surface area contributed by atoms with Crippen molar-refractivity contribution in [2.24, 2.45) is 0 Å². The Balaban J connectivity index is 2.43. The first-order valence-electron chi connectivity index (χ1n) is 10.0. The Labute approximate surface area is 190 Å². The predicted octanol–water partition coefficient (Wildman–Crippen LogP) is 6.18. The molecular weight excluding hydrogens is 470 g/mol. The van der Waals surface area contributed by atoms with Crippen LogP contribution in [0.3, 0.4) is 0 Å². The van der Waals surface area contributed by atoms with Gasteiger partial charge in [-0.3, -0.25) is 0 Å². The standard InChI is InChI=1S/C24H18BF9/c1-13-4-5-20(24(32,33)34)21(10-13)25(18-8-14(2)6-16(11-18)22(26,27)28)19-9-15(3)7-17(12-19)23(29,30)31/h4-12H,1-3H3. The van der Waals surface area contributed by atoms with Crippen LogP contribution in [-0.2, 0) is 18.5 Å². The van der Waals surface area contributed by atoms with Crippen molar-refractivity contribution in [2.45, 2.75) is 39.3 Å². The smallest absolute Gasteiger partial charge is 0.166 e. The minimum atomic E-state index is -4.88. The average Bonchev–Trinajstić information content (AvgIpc) is 2.65. The Bertz CT molecular complexity index is 1140. The highest BCUT2D eigenvalue weighted by atomic mass is 19.4. The average molecular weight is 488 g/mol. The molecule has 0 nitrogen and oxygen atoms in total. The number of benzene rings is 3. The normalized spacial score (nSPS) is 12.7. The van der Waals surface area contributed by atoms with Crippen molar-refractivity contribution in [2.75, 3.05) is 0 Å². The molecule has 3 aromatic carbocycles. The molecule has 0 amide bonds. The van der Waals surface area contributed by atoms with Gasteiger partial charge in [0.05, 0.1) is 16.7 Å². The zero-order valence-corrected chi connectivity index (χ0v) is 18.2. The molecule has 0 aromatic heterocycles. The third-order valence-electron chi connectivity index (χ3n) is 5.34. The number of alkyl halides is 9. The molecule has 180 valence electrons. The van der Waals surface area contributed by atoms with E-state index in [9.17, 15) is 39.5 Å². The van der Waals surface area contributed by atoms with Crippen LogP contribution in [0.25, 0.3) is 0 Å². The largest absolute Gasteiger partial charge is 0.416 e. The van der Waals surface area contributed by atoms with E-state index in [0.29, 0.717) is 17.7 Å². The molecule has 3 rings (SSSR count). The minimum Gasteiger partial charge on any atom is -0.166 e.